The van der Waals surface area contributed by atoms with Crippen LogP contribution in [0.4, 0.5) is 5.69 Å². The lowest BCUT2D eigenvalue weighted by molar-refractivity contribution is -0.126. The van der Waals surface area contributed by atoms with Gasteiger partial charge in [0.2, 0.25) is 5.91 Å². The fourth-order valence-corrected chi connectivity index (χ4v) is 2.47. The third kappa shape index (κ3) is 2.31. The Morgan fingerprint density at radius 2 is 1.72 bits per heavy atom. The summed E-state index contributed by atoms with van der Waals surface area (Å²) >= 11 is 3.42. The molecule has 1 aliphatic rings. The minimum absolute atomic E-state index is 0.112. The number of nitrogens with one attached hydrogen (secondary N) is 1. The van der Waals surface area contributed by atoms with Gasteiger partial charge in [-0.2, -0.15) is 0 Å². The minimum atomic E-state index is -0.511. The van der Waals surface area contributed by atoms with Crippen LogP contribution >= 0.6 is 15.9 Å². The highest BCUT2D eigenvalue weighted by Crippen LogP contribution is 2.31. The molecule has 4 heteroatoms. The van der Waals surface area contributed by atoms with Crippen molar-refractivity contribution >= 4 is 27.5 Å². The van der Waals surface area contributed by atoms with Gasteiger partial charge >= 0.3 is 0 Å². The maximum Gasteiger partial charge on any atom is 0.247 e. The molecule has 1 amide bonds. The zero-order chi connectivity index (χ0) is 13.6. The number of amides is 1. The molecule has 0 bridgehead atoms. The molecule has 2 rings (SSSR count). The molecular weight excluding hydrogens is 292 g/mol. The summed E-state index contributed by atoms with van der Waals surface area (Å²) in [6, 6.07) is 7.89. The maximum absolute atomic E-state index is 12.6. The van der Waals surface area contributed by atoms with E-state index in [0.29, 0.717) is 0 Å². The number of hydrogen-bond acceptors (Lipinski definition) is 2. The van der Waals surface area contributed by atoms with E-state index in [0.717, 1.165) is 16.7 Å². The summed E-state index contributed by atoms with van der Waals surface area (Å²) in [7, 11) is 0. The summed E-state index contributed by atoms with van der Waals surface area (Å²) in [4.78, 5) is 14.5. The third-order valence-electron chi connectivity index (χ3n) is 3.39. The van der Waals surface area contributed by atoms with Gasteiger partial charge in [0.05, 0.1) is 11.1 Å². The van der Waals surface area contributed by atoms with Crippen LogP contribution in [0, 0.1) is 0 Å². The largest absolute Gasteiger partial charge is 0.304 e. The Hall–Kier alpha value is -0.870. The number of carbonyl (C=O) groups excluding carboxylic acids is 1. The van der Waals surface area contributed by atoms with E-state index in [9.17, 15) is 4.79 Å². The number of hydrogen-bond donors (Lipinski definition) is 1. The van der Waals surface area contributed by atoms with Crippen LogP contribution in [0.5, 0.6) is 0 Å². The summed E-state index contributed by atoms with van der Waals surface area (Å²) in [6.45, 7) is 8.79. The summed E-state index contributed by atoms with van der Waals surface area (Å²) in [6.07, 6.45) is 0. The van der Waals surface area contributed by atoms with E-state index in [1.54, 1.807) is 0 Å². The Bertz CT molecular complexity index is 465. The van der Waals surface area contributed by atoms with Gasteiger partial charge in [0.25, 0.3) is 0 Å². The molecule has 3 nitrogen and oxygen atoms in total. The van der Waals surface area contributed by atoms with Crippen molar-refractivity contribution in [2.24, 2.45) is 0 Å². The Morgan fingerprint density at radius 3 is 2.28 bits per heavy atom. The van der Waals surface area contributed by atoms with E-state index >= 15 is 0 Å². The van der Waals surface area contributed by atoms with Crippen LogP contribution in [-0.4, -0.2) is 23.5 Å². The highest BCUT2D eigenvalue weighted by molar-refractivity contribution is 9.10. The molecule has 0 radical (unpaired) electrons. The van der Waals surface area contributed by atoms with Gasteiger partial charge in [0, 0.05) is 16.7 Å². The van der Waals surface area contributed by atoms with Crippen LogP contribution in [0.15, 0.2) is 28.7 Å². The molecule has 0 aromatic heterocycles. The molecule has 0 aliphatic carbocycles. The molecular formula is C14H19BrN2O. The van der Waals surface area contributed by atoms with Crippen LogP contribution in [0.2, 0.25) is 0 Å². The van der Waals surface area contributed by atoms with Gasteiger partial charge < -0.3 is 10.2 Å². The smallest absolute Gasteiger partial charge is 0.247 e. The Balaban J connectivity index is 2.44. The van der Waals surface area contributed by atoms with E-state index in [4.69, 9.17) is 0 Å². The van der Waals surface area contributed by atoms with Gasteiger partial charge in [0.15, 0.2) is 0 Å². The fourth-order valence-electron chi connectivity index (χ4n) is 2.20. The monoisotopic (exact) mass is 310 g/mol. The lowest BCUT2D eigenvalue weighted by atomic mass is 9.90. The van der Waals surface area contributed by atoms with Gasteiger partial charge in [-0.1, -0.05) is 15.9 Å². The molecule has 0 saturated carbocycles. The summed E-state index contributed by atoms with van der Waals surface area (Å²) in [5.74, 6) is 0.112. The fraction of sp³-hybridized carbons (Fsp3) is 0.500. The van der Waals surface area contributed by atoms with Gasteiger partial charge in [0.1, 0.15) is 0 Å². The van der Waals surface area contributed by atoms with Gasteiger partial charge in [-0.05, 0) is 52.0 Å². The first kappa shape index (κ1) is 13.6. The van der Waals surface area contributed by atoms with E-state index in [2.05, 4.69) is 35.1 Å². The molecule has 1 aliphatic heterocycles. The van der Waals surface area contributed by atoms with Crippen molar-refractivity contribution < 1.29 is 4.79 Å². The Kier molecular flexibility index (Phi) is 3.28. The van der Waals surface area contributed by atoms with E-state index in [1.165, 1.54) is 0 Å². The molecule has 1 saturated heterocycles. The summed E-state index contributed by atoms with van der Waals surface area (Å²) in [5, 5.41) is 3.31. The first-order chi connectivity index (χ1) is 8.24. The number of piperazine rings is 1. The number of halogens is 1. The standard InChI is InChI=1S/C14H19BrN2O/c1-13(2)9-16-14(3,4)12(18)17(13)11-7-5-10(15)6-8-11/h5-8,16H,9H2,1-4H3. The number of nitrogens with zero attached hydrogens (tertiary/aromatic N) is 1. The van der Waals surface area contributed by atoms with Crippen LogP contribution in [0.25, 0.3) is 0 Å². The minimum Gasteiger partial charge on any atom is -0.304 e. The molecule has 1 aromatic carbocycles. The molecule has 0 unspecified atom stereocenters. The molecule has 98 valence electrons. The second-order valence-corrected chi connectivity index (χ2v) is 6.82. The maximum atomic E-state index is 12.6. The van der Waals surface area contributed by atoms with Crippen molar-refractivity contribution in [1.29, 1.82) is 0 Å². The average molecular weight is 311 g/mol. The lowest BCUT2D eigenvalue weighted by Crippen LogP contribution is -2.69. The molecule has 1 fully saturated rings. The number of benzene rings is 1. The summed E-state index contributed by atoms with van der Waals surface area (Å²) < 4.78 is 1.02. The molecule has 1 N–H and O–H groups in total. The molecule has 1 aromatic rings. The van der Waals surface area contributed by atoms with Crippen LogP contribution in [0.1, 0.15) is 27.7 Å². The topological polar surface area (TPSA) is 32.3 Å². The van der Waals surface area contributed by atoms with Gasteiger partial charge in [-0.3, -0.25) is 4.79 Å². The van der Waals surface area contributed by atoms with Crippen LogP contribution in [-0.2, 0) is 4.79 Å². The van der Waals surface area contributed by atoms with Crippen LogP contribution < -0.4 is 10.2 Å². The van der Waals surface area contributed by atoms with Gasteiger partial charge in [-0.15, -0.1) is 0 Å². The van der Waals surface area contributed by atoms with Crippen molar-refractivity contribution in [3.8, 4) is 0 Å². The van der Waals surface area contributed by atoms with E-state index in [-0.39, 0.29) is 11.4 Å². The highest BCUT2D eigenvalue weighted by atomic mass is 79.9. The van der Waals surface area contributed by atoms with Crippen molar-refractivity contribution in [3.05, 3.63) is 28.7 Å². The van der Waals surface area contributed by atoms with E-state index in [1.807, 2.05) is 43.0 Å². The second-order valence-electron chi connectivity index (χ2n) is 5.91. The number of rotatable bonds is 1. The van der Waals surface area contributed by atoms with Crippen molar-refractivity contribution in [2.75, 3.05) is 11.4 Å². The normalized spacial score (nSPS) is 22.1. The Labute approximate surface area is 117 Å². The first-order valence-electron chi connectivity index (χ1n) is 6.09. The second kappa shape index (κ2) is 4.35. The van der Waals surface area contributed by atoms with Gasteiger partial charge in [-0.25, -0.2) is 0 Å². The van der Waals surface area contributed by atoms with Crippen LogP contribution in [0.3, 0.4) is 0 Å². The number of carbonyl (C=O) groups is 1. The first-order valence-corrected chi connectivity index (χ1v) is 6.89. The molecule has 0 atom stereocenters. The summed E-state index contributed by atoms with van der Waals surface area (Å²) in [5.41, 5.74) is 0.214. The molecule has 0 spiro atoms. The van der Waals surface area contributed by atoms with E-state index < -0.39 is 5.54 Å². The highest BCUT2D eigenvalue weighted by Gasteiger charge is 2.45. The third-order valence-corrected chi connectivity index (χ3v) is 3.92. The average Bonchev–Trinajstić information content (AvgIpc) is 2.28. The molecule has 1 heterocycles. The predicted molar refractivity (Wildman–Crippen MR) is 77.8 cm³/mol. The van der Waals surface area contributed by atoms with Crippen molar-refractivity contribution in [3.63, 3.8) is 0 Å². The SMILES string of the molecule is CC1(C)NCC(C)(C)N(c2ccc(Br)cc2)C1=O. The zero-order valence-corrected chi connectivity index (χ0v) is 12.8. The number of anilines is 1. The predicted octanol–water partition coefficient (Wildman–Crippen LogP) is 2.94. The zero-order valence-electron chi connectivity index (χ0n) is 11.2. The molecule has 18 heavy (non-hydrogen) atoms. The lowest BCUT2D eigenvalue weighted by Gasteiger charge is -2.48. The van der Waals surface area contributed by atoms with Crippen molar-refractivity contribution in [2.45, 2.75) is 38.8 Å². The Morgan fingerprint density at radius 1 is 1.17 bits per heavy atom. The van der Waals surface area contributed by atoms with Crippen molar-refractivity contribution in [1.82, 2.24) is 5.32 Å². The quantitative estimate of drug-likeness (QED) is 0.865.